The van der Waals surface area contributed by atoms with Crippen molar-refractivity contribution in [2.45, 2.75) is 13.0 Å². The number of anilines is 2. The van der Waals surface area contributed by atoms with Crippen molar-refractivity contribution in [2.24, 2.45) is 0 Å². The Balaban J connectivity index is 1.54. The third kappa shape index (κ3) is 4.08. The van der Waals surface area contributed by atoms with Crippen LogP contribution in [-0.2, 0) is 4.79 Å². The summed E-state index contributed by atoms with van der Waals surface area (Å²) in [5, 5.41) is 13.0. The fourth-order valence-corrected chi connectivity index (χ4v) is 3.17. The number of rotatable bonds is 5. The van der Waals surface area contributed by atoms with Crippen molar-refractivity contribution in [3.8, 4) is 11.5 Å². The monoisotopic (exact) mass is 355 g/mol. The molecule has 138 valence electrons. The smallest absolute Gasteiger partial charge is 0.241 e. The van der Waals surface area contributed by atoms with Crippen LogP contribution in [0.1, 0.15) is 6.92 Å². The summed E-state index contributed by atoms with van der Waals surface area (Å²) < 4.78 is 5.13. The number of aromatic hydroxyl groups is 1. The largest absolute Gasteiger partial charge is 0.506 e. The van der Waals surface area contributed by atoms with Gasteiger partial charge in [0.05, 0.1) is 18.8 Å². The number of methoxy groups -OCH3 is 1. The quantitative estimate of drug-likeness (QED) is 0.863. The minimum Gasteiger partial charge on any atom is -0.506 e. The Kier molecular flexibility index (Phi) is 5.63. The Hall–Kier alpha value is -2.73. The van der Waals surface area contributed by atoms with Crippen molar-refractivity contribution in [3.05, 3.63) is 48.5 Å². The van der Waals surface area contributed by atoms with E-state index in [-0.39, 0.29) is 11.9 Å². The van der Waals surface area contributed by atoms with Crippen molar-refractivity contribution in [2.75, 3.05) is 43.5 Å². The van der Waals surface area contributed by atoms with Gasteiger partial charge in [-0.3, -0.25) is 9.69 Å². The van der Waals surface area contributed by atoms with Gasteiger partial charge >= 0.3 is 0 Å². The van der Waals surface area contributed by atoms with Crippen molar-refractivity contribution < 1.29 is 14.6 Å². The summed E-state index contributed by atoms with van der Waals surface area (Å²) in [5.41, 5.74) is 1.61. The van der Waals surface area contributed by atoms with Gasteiger partial charge in [-0.05, 0) is 43.3 Å². The van der Waals surface area contributed by atoms with E-state index in [4.69, 9.17) is 4.74 Å². The third-order valence-corrected chi connectivity index (χ3v) is 4.82. The Morgan fingerprint density at radius 3 is 2.35 bits per heavy atom. The first-order valence-electron chi connectivity index (χ1n) is 8.80. The van der Waals surface area contributed by atoms with E-state index in [1.165, 1.54) is 0 Å². The van der Waals surface area contributed by atoms with Gasteiger partial charge in [0.15, 0.2) is 0 Å². The molecule has 0 aliphatic carbocycles. The first kappa shape index (κ1) is 18.1. The highest BCUT2D eigenvalue weighted by Crippen LogP contribution is 2.27. The normalized spacial score (nSPS) is 16.2. The van der Waals surface area contributed by atoms with Crippen molar-refractivity contribution in [3.63, 3.8) is 0 Å². The number of piperazine rings is 1. The summed E-state index contributed by atoms with van der Waals surface area (Å²) in [6.07, 6.45) is 0. The van der Waals surface area contributed by atoms with Crippen molar-refractivity contribution >= 4 is 17.3 Å². The molecule has 0 spiro atoms. The molecule has 1 amide bonds. The first-order valence-corrected chi connectivity index (χ1v) is 8.80. The molecular weight excluding hydrogens is 330 g/mol. The van der Waals surface area contributed by atoms with E-state index in [2.05, 4.69) is 15.1 Å². The van der Waals surface area contributed by atoms with Gasteiger partial charge in [-0.15, -0.1) is 0 Å². The molecule has 6 heteroatoms. The number of carbonyl (C=O) groups is 1. The number of nitrogens with zero attached hydrogens (tertiary/aromatic N) is 2. The summed E-state index contributed by atoms with van der Waals surface area (Å²) in [6, 6.07) is 14.5. The number of phenolic OH excluding ortho intramolecular Hbond substituents is 1. The van der Waals surface area contributed by atoms with Gasteiger partial charge in [0.2, 0.25) is 5.91 Å². The molecule has 2 aromatic carbocycles. The summed E-state index contributed by atoms with van der Waals surface area (Å²) >= 11 is 0. The third-order valence-electron chi connectivity index (χ3n) is 4.82. The van der Waals surface area contributed by atoms with Gasteiger partial charge in [-0.2, -0.15) is 0 Å². The highest BCUT2D eigenvalue weighted by molar-refractivity contribution is 5.94. The maximum atomic E-state index is 12.5. The zero-order valence-corrected chi connectivity index (χ0v) is 15.2. The summed E-state index contributed by atoms with van der Waals surface area (Å²) in [5.74, 6) is 1.04. The maximum Gasteiger partial charge on any atom is 0.241 e. The summed E-state index contributed by atoms with van der Waals surface area (Å²) in [6.45, 7) is 5.01. The SMILES string of the molecule is COc1ccc(NC(=O)[C@@H](C)N2CCN(c3ccccc3O)CC2)cc1. The van der Waals surface area contributed by atoms with Gasteiger partial charge in [-0.1, -0.05) is 12.1 Å². The van der Waals surface area contributed by atoms with Gasteiger partial charge in [-0.25, -0.2) is 0 Å². The average Bonchev–Trinajstić information content (AvgIpc) is 2.68. The van der Waals surface area contributed by atoms with E-state index in [0.717, 1.165) is 43.3 Å². The van der Waals surface area contributed by atoms with Crippen LogP contribution >= 0.6 is 0 Å². The lowest BCUT2D eigenvalue weighted by molar-refractivity contribution is -0.120. The predicted octanol–water partition coefficient (Wildman–Crippen LogP) is 2.55. The standard InChI is InChI=1S/C20H25N3O3/c1-15(20(25)21-16-7-9-17(26-2)10-8-16)22-11-13-23(14-12-22)18-5-3-4-6-19(18)24/h3-10,15,24H,11-14H2,1-2H3,(H,21,25)/t15-/m1/s1. The lowest BCUT2D eigenvalue weighted by Crippen LogP contribution is -2.52. The zero-order valence-electron chi connectivity index (χ0n) is 15.2. The van der Waals surface area contributed by atoms with Crippen LogP contribution in [0.5, 0.6) is 11.5 Å². The number of phenols is 1. The van der Waals surface area contributed by atoms with Gasteiger partial charge in [0.1, 0.15) is 11.5 Å². The molecule has 2 aromatic rings. The van der Waals surface area contributed by atoms with E-state index in [1.807, 2.05) is 49.4 Å². The fraction of sp³-hybridized carbons (Fsp3) is 0.350. The number of para-hydroxylation sites is 2. The van der Waals surface area contributed by atoms with Crippen LogP contribution in [0.15, 0.2) is 48.5 Å². The van der Waals surface area contributed by atoms with Crippen LogP contribution in [0.25, 0.3) is 0 Å². The lowest BCUT2D eigenvalue weighted by Gasteiger charge is -2.38. The zero-order chi connectivity index (χ0) is 18.5. The molecule has 0 aromatic heterocycles. The van der Waals surface area contributed by atoms with Crippen LogP contribution in [0.4, 0.5) is 11.4 Å². The molecule has 1 fully saturated rings. The van der Waals surface area contributed by atoms with E-state index in [9.17, 15) is 9.90 Å². The maximum absolute atomic E-state index is 12.5. The molecule has 0 unspecified atom stereocenters. The van der Waals surface area contributed by atoms with Crippen LogP contribution in [0.3, 0.4) is 0 Å². The van der Waals surface area contributed by atoms with Gasteiger partial charge < -0.3 is 20.1 Å². The average molecular weight is 355 g/mol. The van der Waals surface area contributed by atoms with E-state index >= 15 is 0 Å². The van der Waals surface area contributed by atoms with Gasteiger partial charge in [0.25, 0.3) is 0 Å². The topological polar surface area (TPSA) is 65.0 Å². The van der Waals surface area contributed by atoms with E-state index in [0.29, 0.717) is 5.75 Å². The molecule has 0 bridgehead atoms. The highest BCUT2D eigenvalue weighted by atomic mass is 16.5. The second kappa shape index (κ2) is 8.10. The number of amides is 1. The van der Waals surface area contributed by atoms with E-state index in [1.54, 1.807) is 13.2 Å². The van der Waals surface area contributed by atoms with Crippen LogP contribution in [0.2, 0.25) is 0 Å². The van der Waals surface area contributed by atoms with Crippen LogP contribution in [0, 0.1) is 0 Å². The molecule has 0 radical (unpaired) electrons. The second-order valence-corrected chi connectivity index (χ2v) is 6.41. The molecular formula is C20H25N3O3. The number of nitrogens with one attached hydrogen (secondary N) is 1. The number of hydrogen-bond donors (Lipinski definition) is 2. The minimum absolute atomic E-state index is 0.0221. The Morgan fingerprint density at radius 1 is 1.08 bits per heavy atom. The molecule has 26 heavy (non-hydrogen) atoms. The molecule has 1 aliphatic rings. The molecule has 0 saturated carbocycles. The number of hydrogen-bond acceptors (Lipinski definition) is 5. The van der Waals surface area contributed by atoms with E-state index < -0.39 is 0 Å². The molecule has 1 atom stereocenters. The van der Waals surface area contributed by atoms with Gasteiger partial charge in [0, 0.05) is 31.9 Å². The molecule has 1 aliphatic heterocycles. The number of ether oxygens (including phenoxy) is 1. The molecule has 3 rings (SSSR count). The summed E-state index contributed by atoms with van der Waals surface area (Å²) in [7, 11) is 1.62. The number of benzene rings is 2. The Bertz CT molecular complexity index is 740. The second-order valence-electron chi connectivity index (χ2n) is 6.41. The molecule has 2 N–H and O–H groups in total. The first-order chi connectivity index (χ1) is 12.6. The van der Waals surface area contributed by atoms with Crippen LogP contribution < -0.4 is 15.0 Å². The lowest BCUT2D eigenvalue weighted by atomic mass is 10.2. The van der Waals surface area contributed by atoms with Crippen molar-refractivity contribution in [1.82, 2.24) is 4.90 Å². The number of carbonyl (C=O) groups excluding carboxylic acids is 1. The Morgan fingerprint density at radius 2 is 1.73 bits per heavy atom. The molecule has 1 heterocycles. The fourth-order valence-electron chi connectivity index (χ4n) is 3.17. The predicted molar refractivity (Wildman–Crippen MR) is 103 cm³/mol. The molecule has 6 nitrogen and oxygen atoms in total. The minimum atomic E-state index is -0.219. The summed E-state index contributed by atoms with van der Waals surface area (Å²) in [4.78, 5) is 16.8. The molecule has 1 saturated heterocycles. The van der Waals surface area contributed by atoms with Crippen LogP contribution in [-0.4, -0.2) is 55.2 Å². The van der Waals surface area contributed by atoms with Crippen molar-refractivity contribution in [1.29, 1.82) is 0 Å². The highest BCUT2D eigenvalue weighted by Gasteiger charge is 2.26. The Labute approximate surface area is 154 Å².